The number of halogens is 6. The summed E-state index contributed by atoms with van der Waals surface area (Å²) in [5, 5.41) is 2.40. The Morgan fingerprint density at radius 1 is 1.00 bits per heavy atom. The molecule has 9 heteroatoms. The van der Waals surface area contributed by atoms with Crippen LogP contribution in [-0.2, 0) is 18.8 Å². The summed E-state index contributed by atoms with van der Waals surface area (Å²) < 4.78 is 76.4. The van der Waals surface area contributed by atoms with Gasteiger partial charge in [0.05, 0.1) is 16.8 Å². The van der Waals surface area contributed by atoms with Crippen molar-refractivity contribution < 1.29 is 31.1 Å². The normalized spacial score (nSPS) is 12.1. The summed E-state index contributed by atoms with van der Waals surface area (Å²) >= 11 is 0. The molecule has 1 aromatic heterocycles. The highest BCUT2D eigenvalue weighted by Crippen LogP contribution is 2.32. The van der Waals surface area contributed by atoms with Crippen molar-refractivity contribution in [2.75, 3.05) is 6.54 Å². The smallest absolute Gasteiger partial charge is 0.352 e. The van der Waals surface area contributed by atoms with Gasteiger partial charge in [0.25, 0.3) is 5.91 Å². The number of aryl methyl sites for hydroxylation is 1. The maximum absolute atomic E-state index is 12.9. The van der Waals surface area contributed by atoms with E-state index in [1.165, 1.54) is 25.1 Å². The van der Waals surface area contributed by atoms with Gasteiger partial charge in [-0.3, -0.25) is 4.79 Å². The fourth-order valence-corrected chi connectivity index (χ4v) is 2.38. The highest BCUT2D eigenvalue weighted by Gasteiger charge is 2.33. The number of alkyl halides is 6. The van der Waals surface area contributed by atoms with Crippen LogP contribution in [0.4, 0.5) is 26.3 Å². The minimum absolute atomic E-state index is 0.0163. The lowest BCUT2D eigenvalue weighted by Gasteiger charge is -2.13. The molecule has 0 saturated heterocycles. The summed E-state index contributed by atoms with van der Waals surface area (Å²) in [4.78, 5) is 15.4. The van der Waals surface area contributed by atoms with Crippen LogP contribution in [0.2, 0.25) is 0 Å². The molecule has 140 valence electrons. The molecule has 1 N–H and O–H groups in total. The number of rotatable bonds is 4. The van der Waals surface area contributed by atoms with E-state index in [-0.39, 0.29) is 29.8 Å². The second-order valence-electron chi connectivity index (χ2n) is 5.49. The number of amides is 1. The van der Waals surface area contributed by atoms with Crippen molar-refractivity contribution in [1.29, 1.82) is 0 Å². The van der Waals surface area contributed by atoms with Gasteiger partial charge < -0.3 is 5.32 Å². The highest BCUT2D eigenvalue weighted by atomic mass is 19.4. The first kappa shape index (κ1) is 19.7. The van der Waals surface area contributed by atoms with Crippen molar-refractivity contribution in [2.45, 2.75) is 25.7 Å². The molecule has 2 aromatic rings. The number of nitrogens with one attached hydrogen (secondary N) is 1. The molecule has 0 radical (unpaired) electrons. The minimum atomic E-state index is -4.62. The van der Waals surface area contributed by atoms with E-state index in [1.807, 2.05) is 0 Å². The lowest BCUT2D eigenvalue weighted by molar-refractivity contribution is -0.141. The van der Waals surface area contributed by atoms with Gasteiger partial charge in [-0.05, 0) is 37.1 Å². The first-order chi connectivity index (χ1) is 12.0. The van der Waals surface area contributed by atoms with Crippen LogP contribution in [0, 0.1) is 6.92 Å². The zero-order chi connectivity index (χ0) is 19.5. The molecule has 2 rings (SSSR count). The van der Waals surface area contributed by atoms with E-state index in [0.29, 0.717) is 6.07 Å². The Bertz CT molecular complexity index is 799. The Morgan fingerprint density at radius 2 is 1.65 bits per heavy atom. The molecule has 0 saturated carbocycles. The number of hydrogen-bond donors (Lipinski definition) is 1. The van der Waals surface area contributed by atoms with E-state index in [2.05, 4.69) is 10.3 Å². The summed E-state index contributed by atoms with van der Waals surface area (Å²) in [6.45, 7) is 1.15. The number of carbonyl (C=O) groups excluding carboxylic acids is 1. The lowest BCUT2D eigenvalue weighted by Crippen LogP contribution is -2.27. The van der Waals surface area contributed by atoms with Crippen LogP contribution in [0.5, 0.6) is 0 Å². The van der Waals surface area contributed by atoms with Crippen LogP contribution in [0.1, 0.15) is 32.9 Å². The van der Waals surface area contributed by atoms with Crippen molar-refractivity contribution in [2.24, 2.45) is 0 Å². The molecule has 26 heavy (non-hydrogen) atoms. The second kappa shape index (κ2) is 7.35. The van der Waals surface area contributed by atoms with E-state index >= 15 is 0 Å². The van der Waals surface area contributed by atoms with E-state index in [0.717, 1.165) is 12.1 Å². The number of carbonyl (C=O) groups is 1. The summed E-state index contributed by atoms with van der Waals surface area (Å²) in [6.07, 6.45) is -9.20. The van der Waals surface area contributed by atoms with Crippen molar-refractivity contribution in [3.05, 3.63) is 64.5 Å². The molecule has 0 spiro atoms. The summed E-state index contributed by atoms with van der Waals surface area (Å²) in [7, 11) is 0. The zero-order valence-electron chi connectivity index (χ0n) is 13.5. The second-order valence-corrected chi connectivity index (χ2v) is 5.49. The van der Waals surface area contributed by atoms with Crippen LogP contribution in [-0.4, -0.2) is 17.4 Å². The molecule has 0 aliphatic carbocycles. The lowest BCUT2D eigenvalue weighted by atomic mass is 10.0. The predicted octanol–water partition coefficient (Wildman–Crippen LogP) is 4.40. The third-order valence-electron chi connectivity index (χ3n) is 3.62. The SMILES string of the molecule is Cc1nc(C(F)(F)F)ccc1C(=O)NCCc1ccccc1C(F)(F)F. The largest absolute Gasteiger partial charge is 0.433 e. The topological polar surface area (TPSA) is 42.0 Å². The van der Waals surface area contributed by atoms with Gasteiger partial charge in [0.2, 0.25) is 0 Å². The van der Waals surface area contributed by atoms with Crippen LogP contribution < -0.4 is 5.32 Å². The fourth-order valence-electron chi connectivity index (χ4n) is 2.38. The molecule has 0 atom stereocenters. The Morgan fingerprint density at radius 3 is 2.23 bits per heavy atom. The molecule has 0 unspecified atom stereocenters. The third kappa shape index (κ3) is 4.74. The molecular weight excluding hydrogens is 362 g/mol. The van der Waals surface area contributed by atoms with E-state index in [1.54, 1.807) is 0 Å². The first-order valence-corrected chi connectivity index (χ1v) is 7.48. The van der Waals surface area contributed by atoms with E-state index < -0.39 is 29.5 Å². The molecule has 0 fully saturated rings. The van der Waals surface area contributed by atoms with Crippen molar-refractivity contribution in [1.82, 2.24) is 10.3 Å². The molecule has 1 heterocycles. The molecular formula is C17H14F6N2O. The van der Waals surface area contributed by atoms with Gasteiger partial charge in [0.1, 0.15) is 5.69 Å². The van der Waals surface area contributed by atoms with Gasteiger partial charge >= 0.3 is 12.4 Å². The number of benzene rings is 1. The van der Waals surface area contributed by atoms with Gasteiger partial charge in [0, 0.05) is 6.54 Å². The monoisotopic (exact) mass is 376 g/mol. The molecule has 1 amide bonds. The molecule has 1 aromatic carbocycles. The first-order valence-electron chi connectivity index (χ1n) is 7.48. The van der Waals surface area contributed by atoms with E-state index in [4.69, 9.17) is 0 Å². The van der Waals surface area contributed by atoms with E-state index in [9.17, 15) is 31.1 Å². The van der Waals surface area contributed by atoms with Crippen LogP contribution in [0.25, 0.3) is 0 Å². The third-order valence-corrected chi connectivity index (χ3v) is 3.62. The highest BCUT2D eigenvalue weighted by molar-refractivity contribution is 5.95. The van der Waals surface area contributed by atoms with Gasteiger partial charge in [-0.25, -0.2) is 4.98 Å². The van der Waals surface area contributed by atoms with Crippen molar-refractivity contribution >= 4 is 5.91 Å². The Labute approximate surface area is 145 Å². The summed E-state index contributed by atoms with van der Waals surface area (Å²) in [5.41, 5.74) is -2.08. The summed E-state index contributed by atoms with van der Waals surface area (Å²) in [5.74, 6) is -0.701. The minimum Gasteiger partial charge on any atom is -0.352 e. The van der Waals surface area contributed by atoms with Crippen LogP contribution in [0.3, 0.4) is 0 Å². The fraction of sp³-hybridized carbons (Fsp3) is 0.294. The number of hydrogen-bond acceptors (Lipinski definition) is 2. The average molecular weight is 376 g/mol. The van der Waals surface area contributed by atoms with Gasteiger partial charge in [0.15, 0.2) is 0 Å². The molecule has 0 aliphatic heterocycles. The Balaban J connectivity index is 2.05. The predicted molar refractivity (Wildman–Crippen MR) is 81.5 cm³/mol. The van der Waals surface area contributed by atoms with Crippen LogP contribution in [0.15, 0.2) is 36.4 Å². The van der Waals surface area contributed by atoms with Gasteiger partial charge in [-0.2, -0.15) is 26.3 Å². The maximum Gasteiger partial charge on any atom is 0.433 e. The molecule has 0 aliphatic rings. The van der Waals surface area contributed by atoms with Gasteiger partial charge in [-0.15, -0.1) is 0 Å². The number of aromatic nitrogens is 1. The van der Waals surface area contributed by atoms with Crippen molar-refractivity contribution in [3.63, 3.8) is 0 Å². The number of nitrogens with zero attached hydrogens (tertiary/aromatic N) is 1. The molecule has 3 nitrogen and oxygen atoms in total. The Kier molecular flexibility index (Phi) is 5.58. The maximum atomic E-state index is 12.9. The zero-order valence-corrected chi connectivity index (χ0v) is 13.5. The van der Waals surface area contributed by atoms with Gasteiger partial charge in [-0.1, -0.05) is 18.2 Å². The van der Waals surface area contributed by atoms with Crippen LogP contribution >= 0.6 is 0 Å². The molecule has 0 bridgehead atoms. The summed E-state index contributed by atoms with van der Waals surface area (Å²) in [6, 6.07) is 6.64. The Hall–Kier alpha value is -2.58. The quantitative estimate of drug-likeness (QED) is 0.804. The standard InChI is InChI=1S/C17H14F6N2O/c1-10-12(6-7-14(25-10)17(21,22)23)15(26)24-9-8-11-4-2-3-5-13(11)16(18,19)20/h2-7H,8-9H2,1H3,(H,24,26). The van der Waals surface area contributed by atoms with Crippen molar-refractivity contribution in [3.8, 4) is 0 Å². The average Bonchev–Trinajstić information content (AvgIpc) is 2.53. The number of pyridine rings is 1.